The van der Waals surface area contributed by atoms with Crippen LogP contribution in [0.1, 0.15) is 19.3 Å². The fraction of sp³-hybridized carbons (Fsp3) is 0.533. The molecule has 0 spiro atoms. The summed E-state index contributed by atoms with van der Waals surface area (Å²) in [6, 6.07) is 7.68. The van der Waals surface area contributed by atoms with Crippen molar-refractivity contribution in [3.8, 4) is 5.75 Å². The van der Waals surface area contributed by atoms with E-state index < -0.39 is 0 Å². The van der Waals surface area contributed by atoms with Gasteiger partial charge < -0.3 is 15.8 Å². The van der Waals surface area contributed by atoms with E-state index in [9.17, 15) is 4.79 Å². The first-order valence-corrected chi connectivity index (χ1v) is 7.11. The van der Waals surface area contributed by atoms with Gasteiger partial charge in [0.2, 0.25) is 5.91 Å². The SMILES string of the molecule is COc1ccc(NC(=O)CN2CCCCC2CN)cc1.Cl. The van der Waals surface area contributed by atoms with Crippen molar-refractivity contribution in [2.45, 2.75) is 25.3 Å². The summed E-state index contributed by atoms with van der Waals surface area (Å²) in [5, 5.41) is 2.91. The average Bonchev–Trinajstić information content (AvgIpc) is 2.48. The van der Waals surface area contributed by atoms with Crippen LogP contribution in [-0.4, -0.2) is 43.6 Å². The molecule has 1 unspecified atom stereocenters. The van der Waals surface area contributed by atoms with Gasteiger partial charge in [0.05, 0.1) is 13.7 Å². The van der Waals surface area contributed by atoms with Crippen LogP contribution in [0.2, 0.25) is 0 Å². The number of piperidine rings is 1. The molecule has 1 atom stereocenters. The Balaban J connectivity index is 0.00000220. The van der Waals surface area contributed by atoms with Gasteiger partial charge in [-0.1, -0.05) is 6.42 Å². The highest BCUT2D eigenvalue weighted by atomic mass is 35.5. The van der Waals surface area contributed by atoms with E-state index in [1.165, 1.54) is 6.42 Å². The van der Waals surface area contributed by atoms with Crippen molar-refractivity contribution in [1.82, 2.24) is 4.90 Å². The Morgan fingerprint density at radius 3 is 2.71 bits per heavy atom. The van der Waals surface area contributed by atoms with Crippen molar-refractivity contribution in [2.75, 3.05) is 32.1 Å². The molecule has 1 saturated heterocycles. The third kappa shape index (κ3) is 5.19. The van der Waals surface area contributed by atoms with Gasteiger partial charge in [-0.25, -0.2) is 0 Å². The number of nitrogens with two attached hydrogens (primary N) is 1. The third-order valence-corrected chi connectivity index (χ3v) is 3.74. The van der Waals surface area contributed by atoms with Crippen molar-refractivity contribution in [2.24, 2.45) is 5.73 Å². The molecule has 0 aromatic heterocycles. The molecule has 3 N–H and O–H groups in total. The predicted molar refractivity (Wildman–Crippen MR) is 87.1 cm³/mol. The molecular weight excluding hydrogens is 290 g/mol. The zero-order valence-corrected chi connectivity index (χ0v) is 13.2. The van der Waals surface area contributed by atoms with Crippen molar-refractivity contribution in [1.29, 1.82) is 0 Å². The van der Waals surface area contributed by atoms with Gasteiger partial charge in [-0.2, -0.15) is 0 Å². The van der Waals surface area contributed by atoms with Crippen LogP contribution in [0, 0.1) is 0 Å². The molecule has 0 aliphatic carbocycles. The average molecular weight is 314 g/mol. The maximum absolute atomic E-state index is 12.1. The standard InChI is InChI=1S/C15H23N3O2.ClH/c1-20-14-7-5-12(6-8-14)17-15(19)11-18-9-3-2-4-13(18)10-16;/h5-8,13H,2-4,9-11,16H2,1H3,(H,17,19);1H. The monoisotopic (exact) mass is 313 g/mol. The Labute approximate surface area is 132 Å². The molecule has 2 rings (SSSR count). The summed E-state index contributed by atoms with van der Waals surface area (Å²) in [7, 11) is 1.62. The summed E-state index contributed by atoms with van der Waals surface area (Å²) in [4.78, 5) is 14.3. The molecule has 1 aliphatic heterocycles. The molecule has 1 aromatic rings. The van der Waals surface area contributed by atoms with Gasteiger partial charge in [0, 0.05) is 18.3 Å². The number of halogens is 1. The number of anilines is 1. The van der Waals surface area contributed by atoms with E-state index in [0.29, 0.717) is 19.1 Å². The second-order valence-corrected chi connectivity index (χ2v) is 5.13. The topological polar surface area (TPSA) is 67.6 Å². The number of nitrogens with zero attached hydrogens (tertiary/aromatic N) is 1. The van der Waals surface area contributed by atoms with Crippen LogP contribution in [0.25, 0.3) is 0 Å². The number of ether oxygens (including phenoxy) is 1. The van der Waals surface area contributed by atoms with Gasteiger partial charge in [-0.05, 0) is 43.7 Å². The lowest BCUT2D eigenvalue weighted by Crippen LogP contribution is -2.47. The summed E-state index contributed by atoms with van der Waals surface area (Å²) < 4.78 is 5.09. The maximum atomic E-state index is 12.1. The number of hydrogen-bond acceptors (Lipinski definition) is 4. The Morgan fingerprint density at radius 2 is 2.10 bits per heavy atom. The molecule has 0 radical (unpaired) electrons. The molecule has 1 fully saturated rings. The fourth-order valence-electron chi connectivity index (χ4n) is 2.59. The first kappa shape index (κ1) is 17.8. The molecule has 21 heavy (non-hydrogen) atoms. The number of methoxy groups -OCH3 is 1. The molecular formula is C15H24ClN3O2. The number of amides is 1. The first-order valence-electron chi connectivity index (χ1n) is 7.11. The number of benzene rings is 1. The summed E-state index contributed by atoms with van der Waals surface area (Å²) in [6.45, 7) is 1.99. The highest BCUT2D eigenvalue weighted by Gasteiger charge is 2.22. The molecule has 1 aromatic carbocycles. The number of carbonyl (C=O) groups is 1. The fourth-order valence-corrected chi connectivity index (χ4v) is 2.59. The van der Waals surface area contributed by atoms with Gasteiger partial charge in [-0.15, -0.1) is 12.4 Å². The molecule has 1 amide bonds. The van der Waals surface area contributed by atoms with Gasteiger partial charge in [0.25, 0.3) is 0 Å². The minimum absolute atomic E-state index is 0. The summed E-state index contributed by atoms with van der Waals surface area (Å²) in [5.74, 6) is 0.790. The maximum Gasteiger partial charge on any atom is 0.238 e. The van der Waals surface area contributed by atoms with E-state index >= 15 is 0 Å². The smallest absolute Gasteiger partial charge is 0.238 e. The Bertz CT molecular complexity index is 439. The van der Waals surface area contributed by atoms with E-state index in [2.05, 4.69) is 10.2 Å². The van der Waals surface area contributed by atoms with Gasteiger partial charge in [-0.3, -0.25) is 9.69 Å². The number of rotatable bonds is 5. The van der Waals surface area contributed by atoms with E-state index in [1.807, 2.05) is 24.3 Å². The van der Waals surface area contributed by atoms with E-state index in [-0.39, 0.29) is 18.3 Å². The van der Waals surface area contributed by atoms with E-state index in [4.69, 9.17) is 10.5 Å². The predicted octanol–water partition coefficient (Wildman–Crippen LogP) is 1.87. The van der Waals surface area contributed by atoms with Crippen LogP contribution in [0.5, 0.6) is 5.75 Å². The Morgan fingerprint density at radius 1 is 1.38 bits per heavy atom. The summed E-state index contributed by atoms with van der Waals surface area (Å²) in [6.07, 6.45) is 3.44. The van der Waals surface area contributed by atoms with Crippen LogP contribution in [0.4, 0.5) is 5.69 Å². The zero-order chi connectivity index (χ0) is 14.4. The molecule has 6 heteroatoms. The molecule has 0 bridgehead atoms. The lowest BCUT2D eigenvalue weighted by atomic mass is 10.0. The molecule has 118 valence electrons. The zero-order valence-electron chi connectivity index (χ0n) is 12.4. The van der Waals surface area contributed by atoms with Crippen LogP contribution < -0.4 is 15.8 Å². The number of nitrogens with one attached hydrogen (secondary N) is 1. The quantitative estimate of drug-likeness (QED) is 0.871. The number of likely N-dealkylation sites (tertiary alicyclic amines) is 1. The highest BCUT2D eigenvalue weighted by molar-refractivity contribution is 5.92. The minimum atomic E-state index is 0. The Kier molecular flexibility index (Phi) is 7.50. The summed E-state index contributed by atoms with van der Waals surface area (Å²) in [5.41, 5.74) is 6.56. The third-order valence-electron chi connectivity index (χ3n) is 3.74. The lowest BCUT2D eigenvalue weighted by molar-refractivity contribution is -0.118. The number of carbonyl (C=O) groups excluding carboxylic acids is 1. The number of hydrogen-bond donors (Lipinski definition) is 2. The Hall–Kier alpha value is -1.30. The minimum Gasteiger partial charge on any atom is -0.497 e. The van der Waals surface area contributed by atoms with Crippen molar-refractivity contribution >= 4 is 24.0 Å². The van der Waals surface area contributed by atoms with Crippen molar-refractivity contribution in [3.05, 3.63) is 24.3 Å². The van der Waals surface area contributed by atoms with Crippen LogP contribution in [0.3, 0.4) is 0 Å². The second kappa shape index (κ2) is 8.87. The molecule has 1 aliphatic rings. The van der Waals surface area contributed by atoms with Crippen LogP contribution in [-0.2, 0) is 4.79 Å². The van der Waals surface area contributed by atoms with E-state index in [0.717, 1.165) is 30.8 Å². The molecule has 0 saturated carbocycles. The largest absolute Gasteiger partial charge is 0.497 e. The summed E-state index contributed by atoms with van der Waals surface area (Å²) >= 11 is 0. The van der Waals surface area contributed by atoms with Crippen LogP contribution >= 0.6 is 12.4 Å². The second-order valence-electron chi connectivity index (χ2n) is 5.13. The van der Waals surface area contributed by atoms with Crippen molar-refractivity contribution in [3.63, 3.8) is 0 Å². The molecule has 5 nitrogen and oxygen atoms in total. The normalized spacial score (nSPS) is 18.7. The van der Waals surface area contributed by atoms with Gasteiger partial charge >= 0.3 is 0 Å². The highest BCUT2D eigenvalue weighted by Crippen LogP contribution is 2.17. The van der Waals surface area contributed by atoms with Gasteiger partial charge in [0.15, 0.2) is 0 Å². The van der Waals surface area contributed by atoms with E-state index in [1.54, 1.807) is 7.11 Å². The lowest BCUT2D eigenvalue weighted by Gasteiger charge is -2.34. The van der Waals surface area contributed by atoms with Crippen LogP contribution in [0.15, 0.2) is 24.3 Å². The molecule has 1 heterocycles. The van der Waals surface area contributed by atoms with Gasteiger partial charge in [0.1, 0.15) is 5.75 Å². The van der Waals surface area contributed by atoms with Crippen molar-refractivity contribution < 1.29 is 9.53 Å². The first-order chi connectivity index (χ1) is 9.72.